The quantitative estimate of drug-likeness (QED) is 0.299. The molecule has 0 aromatic heterocycles. The molecule has 0 bridgehead atoms. The lowest BCUT2D eigenvalue weighted by atomic mass is 10.6. The summed E-state index contributed by atoms with van der Waals surface area (Å²) in [6.45, 7) is 1.42. The van der Waals surface area contributed by atoms with E-state index in [1.807, 2.05) is 0 Å². The van der Waals surface area contributed by atoms with Crippen LogP contribution in [-0.4, -0.2) is 44.9 Å². The van der Waals surface area contributed by atoms with Crippen LogP contribution in [0.25, 0.3) is 0 Å². The zero-order chi connectivity index (χ0) is 5.54. The second-order valence-electron chi connectivity index (χ2n) is 1.20. The molecule has 0 aliphatic heterocycles. The minimum absolute atomic E-state index is 0. The summed E-state index contributed by atoms with van der Waals surface area (Å²) >= 11 is 0. The van der Waals surface area contributed by atoms with E-state index in [0.717, 1.165) is 0 Å². The highest BCUT2D eigenvalue weighted by atomic mass is 16.3. The molecular weight excluding hydrogens is 105 g/mol. The molecule has 0 saturated heterocycles. The summed E-state index contributed by atoms with van der Waals surface area (Å²) < 4.78 is 0. The molecule has 3 radical (unpaired) electrons. The van der Waals surface area contributed by atoms with Gasteiger partial charge in [0.25, 0.3) is 0 Å². The monoisotopic (exact) mass is 116 g/mol. The Morgan fingerprint density at radius 3 is 1.62 bits per heavy atom. The van der Waals surface area contributed by atoms with Gasteiger partial charge < -0.3 is 15.5 Å². The number of aliphatic hydroxyl groups is 2. The molecule has 0 saturated carbocycles. The lowest BCUT2D eigenvalue weighted by molar-refractivity contribution is 0.267. The largest absolute Gasteiger partial charge is 0.395 e. The molecule has 4 heteroatoms. The second kappa shape index (κ2) is 10.0. The van der Waals surface area contributed by atoms with Gasteiger partial charge in [0.15, 0.2) is 0 Å². The summed E-state index contributed by atoms with van der Waals surface area (Å²) in [6, 6.07) is 0. The van der Waals surface area contributed by atoms with Crippen LogP contribution in [0.5, 0.6) is 0 Å². The average Bonchev–Trinajstić information content (AvgIpc) is 1.69. The molecule has 3 N–H and O–H groups in total. The molecule has 0 atom stereocenters. The minimum atomic E-state index is 0. The van der Waals surface area contributed by atoms with Gasteiger partial charge in [-0.15, -0.1) is 0 Å². The van der Waals surface area contributed by atoms with Crippen LogP contribution in [0.4, 0.5) is 0 Å². The highest BCUT2D eigenvalue weighted by Gasteiger charge is 1.78. The molecule has 3 nitrogen and oxygen atoms in total. The fraction of sp³-hybridized carbons (Fsp3) is 1.00. The molecule has 8 heavy (non-hydrogen) atoms. The first-order chi connectivity index (χ1) is 3.41. The first-order valence-electron chi connectivity index (χ1n) is 2.34. The first-order valence-corrected chi connectivity index (χ1v) is 2.34. The summed E-state index contributed by atoms with van der Waals surface area (Å²) in [4.78, 5) is 0. The van der Waals surface area contributed by atoms with E-state index in [2.05, 4.69) is 5.32 Å². The molecule has 0 aliphatic rings. The molecular formula is C4H11BNO2. The zero-order valence-electron chi connectivity index (χ0n) is 4.80. The minimum Gasteiger partial charge on any atom is -0.395 e. The third kappa shape index (κ3) is 9.34. The predicted molar refractivity (Wildman–Crippen MR) is 32.8 cm³/mol. The third-order valence-electron chi connectivity index (χ3n) is 0.577. The molecule has 47 valence electrons. The maximum absolute atomic E-state index is 8.15. The van der Waals surface area contributed by atoms with Gasteiger partial charge in [-0.2, -0.15) is 0 Å². The van der Waals surface area contributed by atoms with Crippen LogP contribution in [0.1, 0.15) is 0 Å². The van der Waals surface area contributed by atoms with Gasteiger partial charge in [-0.05, 0) is 0 Å². The van der Waals surface area contributed by atoms with Gasteiger partial charge in [0.05, 0.1) is 13.2 Å². The fourth-order valence-electron chi connectivity index (χ4n) is 0.283. The van der Waals surface area contributed by atoms with Crippen LogP contribution in [0.2, 0.25) is 0 Å². The lowest BCUT2D eigenvalue weighted by Gasteiger charge is -1.94. The summed E-state index contributed by atoms with van der Waals surface area (Å²) in [5.41, 5.74) is 0. The van der Waals surface area contributed by atoms with Crippen molar-refractivity contribution in [1.29, 1.82) is 0 Å². The molecule has 0 fully saturated rings. The van der Waals surface area contributed by atoms with Crippen LogP contribution in [-0.2, 0) is 0 Å². The average molecular weight is 116 g/mol. The van der Waals surface area contributed by atoms with Crippen LogP contribution in [0.3, 0.4) is 0 Å². The van der Waals surface area contributed by atoms with E-state index in [-0.39, 0.29) is 21.6 Å². The van der Waals surface area contributed by atoms with Crippen molar-refractivity contribution in [1.82, 2.24) is 5.32 Å². The lowest BCUT2D eigenvalue weighted by Crippen LogP contribution is -2.21. The summed E-state index contributed by atoms with van der Waals surface area (Å²) in [5.74, 6) is 0. The maximum Gasteiger partial charge on any atom is 0.0555 e. The van der Waals surface area contributed by atoms with Gasteiger partial charge in [-0.3, -0.25) is 0 Å². The Bertz CT molecular complexity index is 33.2. The van der Waals surface area contributed by atoms with E-state index in [4.69, 9.17) is 10.2 Å². The van der Waals surface area contributed by atoms with E-state index in [1.165, 1.54) is 0 Å². The van der Waals surface area contributed by atoms with E-state index in [9.17, 15) is 0 Å². The number of nitrogens with one attached hydrogen (secondary N) is 1. The molecule has 0 aromatic rings. The van der Waals surface area contributed by atoms with E-state index in [0.29, 0.717) is 13.1 Å². The van der Waals surface area contributed by atoms with E-state index >= 15 is 0 Å². The Morgan fingerprint density at radius 1 is 1.00 bits per heavy atom. The normalized spacial score (nSPS) is 8.25. The van der Waals surface area contributed by atoms with E-state index < -0.39 is 0 Å². The van der Waals surface area contributed by atoms with E-state index in [1.54, 1.807) is 0 Å². The Balaban J connectivity index is 0. The van der Waals surface area contributed by atoms with Crippen LogP contribution in [0, 0.1) is 0 Å². The van der Waals surface area contributed by atoms with Crippen molar-refractivity contribution in [3.8, 4) is 0 Å². The van der Waals surface area contributed by atoms with Crippen LogP contribution in [0.15, 0.2) is 0 Å². The van der Waals surface area contributed by atoms with Crippen molar-refractivity contribution in [2.45, 2.75) is 0 Å². The Morgan fingerprint density at radius 2 is 1.38 bits per heavy atom. The van der Waals surface area contributed by atoms with Crippen molar-refractivity contribution >= 4 is 8.41 Å². The number of hydrogen-bond acceptors (Lipinski definition) is 3. The van der Waals surface area contributed by atoms with Crippen molar-refractivity contribution < 1.29 is 10.2 Å². The molecule has 0 amide bonds. The summed E-state index contributed by atoms with van der Waals surface area (Å²) in [7, 11) is 0. The van der Waals surface area contributed by atoms with Crippen molar-refractivity contribution in [3.63, 3.8) is 0 Å². The molecule has 0 aromatic carbocycles. The Hall–Kier alpha value is -0.0551. The highest BCUT2D eigenvalue weighted by Crippen LogP contribution is 1.54. The molecule has 0 unspecified atom stereocenters. The van der Waals surface area contributed by atoms with Crippen LogP contribution < -0.4 is 5.32 Å². The summed E-state index contributed by atoms with van der Waals surface area (Å²) in [6.07, 6.45) is 0. The fourth-order valence-corrected chi connectivity index (χ4v) is 0.283. The Kier molecular flexibility index (Phi) is 13.6. The zero-order valence-corrected chi connectivity index (χ0v) is 4.80. The van der Waals surface area contributed by atoms with Crippen molar-refractivity contribution in [2.24, 2.45) is 0 Å². The van der Waals surface area contributed by atoms with Crippen molar-refractivity contribution in [3.05, 3.63) is 0 Å². The molecule has 0 aliphatic carbocycles. The standard InChI is InChI=1S/C4H11NO2.B/c6-3-1-5-2-4-7;/h5-7H,1-4H2;. The van der Waals surface area contributed by atoms with Gasteiger partial charge in [0.1, 0.15) is 0 Å². The van der Waals surface area contributed by atoms with Gasteiger partial charge in [0, 0.05) is 21.5 Å². The number of aliphatic hydroxyl groups excluding tert-OH is 2. The summed E-state index contributed by atoms with van der Waals surface area (Å²) in [5, 5.41) is 19.1. The molecule has 0 rings (SSSR count). The molecule has 0 spiro atoms. The van der Waals surface area contributed by atoms with Crippen molar-refractivity contribution in [2.75, 3.05) is 26.3 Å². The first kappa shape index (κ1) is 10.8. The van der Waals surface area contributed by atoms with Gasteiger partial charge in [0.2, 0.25) is 0 Å². The number of hydrogen-bond donors (Lipinski definition) is 3. The highest BCUT2D eigenvalue weighted by molar-refractivity contribution is 5.75. The Labute approximate surface area is 51.3 Å². The third-order valence-corrected chi connectivity index (χ3v) is 0.577. The number of rotatable bonds is 4. The maximum atomic E-state index is 8.15. The van der Waals surface area contributed by atoms with Gasteiger partial charge in [-0.1, -0.05) is 0 Å². The smallest absolute Gasteiger partial charge is 0.0555 e. The second-order valence-corrected chi connectivity index (χ2v) is 1.20. The predicted octanol–water partition coefficient (Wildman–Crippen LogP) is -1.82. The van der Waals surface area contributed by atoms with Gasteiger partial charge in [-0.25, -0.2) is 0 Å². The topological polar surface area (TPSA) is 52.5 Å². The SMILES string of the molecule is OCCNCCO.[B]. The van der Waals surface area contributed by atoms with Crippen LogP contribution >= 0.6 is 0 Å². The molecule has 0 heterocycles. The van der Waals surface area contributed by atoms with Gasteiger partial charge >= 0.3 is 0 Å².